The Balaban J connectivity index is 2.68. The number of aliphatic hydroxyl groups is 2. The highest BCUT2D eigenvalue weighted by molar-refractivity contribution is 5.74. The molecule has 1 aliphatic heterocycles. The molecule has 0 radical (unpaired) electrons. The van der Waals surface area contributed by atoms with Gasteiger partial charge in [-0.05, 0) is 89.9 Å². The number of rotatable bonds is 48. The summed E-state index contributed by atoms with van der Waals surface area (Å²) in [5, 5.41) is 31.4. The highest BCUT2D eigenvalue weighted by atomic mass is 16.7. The molecule has 0 bridgehead atoms. The van der Waals surface area contributed by atoms with Crippen molar-refractivity contribution in [2.75, 3.05) is 13.2 Å². The van der Waals surface area contributed by atoms with Crippen LogP contribution in [-0.4, -0.2) is 89.2 Å². The Labute approximate surface area is 442 Å². The van der Waals surface area contributed by atoms with Crippen molar-refractivity contribution in [3.8, 4) is 0 Å². The molecule has 0 amide bonds. The number of carboxylic acids is 1. The molecule has 0 aromatic carbocycles. The summed E-state index contributed by atoms with van der Waals surface area (Å²) in [6, 6.07) is 0. The van der Waals surface area contributed by atoms with E-state index in [1.807, 2.05) is 0 Å². The predicted molar refractivity (Wildman–Crippen MR) is 294 cm³/mol. The molecule has 0 aromatic rings. The van der Waals surface area contributed by atoms with Gasteiger partial charge in [-0.15, -0.1) is 0 Å². The Morgan fingerprint density at radius 1 is 0.466 bits per heavy atom. The van der Waals surface area contributed by atoms with Gasteiger partial charge in [-0.1, -0.05) is 203 Å². The molecular formula is C61H102O12. The highest BCUT2D eigenvalue weighted by Gasteiger charge is 2.50. The van der Waals surface area contributed by atoms with E-state index in [-0.39, 0.29) is 25.9 Å². The van der Waals surface area contributed by atoms with Crippen LogP contribution in [0.25, 0.3) is 0 Å². The van der Waals surface area contributed by atoms with E-state index in [2.05, 4.69) is 93.7 Å². The van der Waals surface area contributed by atoms with E-state index in [4.69, 9.17) is 23.7 Å². The van der Waals surface area contributed by atoms with Crippen LogP contribution in [0.4, 0.5) is 0 Å². The quantitative estimate of drug-likeness (QED) is 0.0228. The van der Waals surface area contributed by atoms with Gasteiger partial charge in [-0.3, -0.25) is 14.4 Å². The van der Waals surface area contributed by atoms with Gasteiger partial charge in [0.25, 0.3) is 0 Å². The number of carboxylic acid groups (broad SMARTS) is 1. The van der Waals surface area contributed by atoms with Gasteiger partial charge in [0.1, 0.15) is 18.8 Å². The average Bonchev–Trinajstić information content (AvgIpc) is 3.37. The molecule has 1 rings (SSSR count). The first kappa shape index (κ1) is 67.2. The second-order valence-electron chi connectivity index (χ2n) is 19.5. The lowest BCUT2D eigenvalue weighted by molar-refractivity contribution is -0.301. The molecule has 73 heavy (non-hydrogen) atoms. The Morgan fingerprint density at radius 3 is 1.34 bits per heavy atom. The van der Waals surface area contributed by atoms with Crippen LogP contribution >= 0.6 is 0 Å². The minimum atomic E-state index is -1.91. The van der Waals surface area contributed by atoms with Crippen molar-refractivity contribution < 1.29 is 58.2 Å². The maximum Gasteiger partial charge on any atom is 0.335 e. The van der Waals surface area contributed by atoms with Gasteiger partial charge in [0.2, 0.25) is 0 Å². The number of hydrogen-bond acceptors (Lipinski definition) is 11. The van der Waals surface area contributed by atoms with E-state index in [0.29, 0.717) is 19.3 Å². The van der Waals surface area contributed by atoms with Crippen molar-refractivity contribution in [3.05, 3.63) is 72.9 Å². The summed E-state index contributed by atoms with van der Waals surface area (Å²) < 4.78 is 28.3. The van der Waals surface area contributed by atoms with Crippen molar-refractivity contribution >= 4 is 23.9 Å². The molecule has 3 N–H and O–H groups in total. The molecule has 1 fully saturated rings. The number of unbranched alkanes of at least 4 members (excludes halogenated alkanes) is 22. The molecule has 1 heterocycles. The molecule has 12 heteroatoms. The number of carbonyl (C=O) groups is 4. The molecule has 0 saturated carbocycles. The molecule has 1 saturated heterocycles. The Morgan fingerprint density at radius 2 is 0.863 bits per heavy atom. The normalized spacial score (nSPS) is 18.8. The van der Waals surface area contributed by atoms with Crippen LogP contribution in [0.15, 0.2) is 72.9 Å². The number of ether oxygens (including phenoxy) is 5. The second-order valence-corrected chi connectivity index (χ2v) is 19.5. The minimum absolute atomic E-state index is 0.0466. The number of hydrogen-bond donors (Lipinski definition) is 3. The van der Waals surface area contributed by atoms with Gasteiger partial charge in [0, 0.05) is 19.3 Å². The first-order valence-electron chi connectivity index (χ1n) is 28.9. The highest BCUT2D eigenvalue weighted by Crippen LogP contribution is 2.26. The minimum Gasteiger partial charge on any atom is -0.479 e. The van der Waals surface area contributed by atoms with Crippen molar-refractivity contribution in [1.82, 2.24) is 0 Å². The molecule has 6 unspecified atom stereocenters. The van der Waals surface area contributed by atoms with Crippen LogP contribution in [0, 0.1) is 0 Å². The average molecular weight is 1030 g/mol. The molecule has 0 spiro atoms. The first-order chi connectivity index (χ1) is 35.6. The summed E-state index contributed by atoms with van der Waals surface area (Å²) in [5.41, 5.74) is 0. The molecule has 418 valence electrons. The molecule has 6 atom stereocenters. The summed E-state index contributed by atoms with van der Waals surface area (Å²) >= 11 is 0. The molecular weight excluding hydrogens is 925 g/mol. The van der Waals surface area contributed by atoms with E-state index in [1.54, 1.807) is 0 Å². The Bertz CT molecular complexity index is 1550. The Hall–Kier alpha value is -3.84. The van der Waals surface area contributed by atoms with Crippen LogP contribution in [-0.2, 0) is 42.9 Å². The van der Waals surface area contributed by atoms with Gasteiger partial charge in [0.15, 0.2) is 24.6 Å². The summed E-state index contributed by atoms with van der Waals surface area (Å²) in [6.07, 6.45) is 48.9. The fraction of sp³-hybridized carbons (Fsp3) is 0.738. The van der Waals surface area contributed by atoms with Crippen LogP contribution in [0.1, 0.15) is 239 Å². The molecule has 0 aliphatic carbocycles. The van der Waals surface area contributed by atoms with E-state index >= 15 is 0 Å². The lowest BCUT2D eigenvalue weighted by Gasteiger charge is -2.40. The predicted octanol–water partition coefficient (Wildman–Crippen LogP) is 14.6. The van der Waals surface area contributed by atoms with E-state index in [0.717, 1.165) is 109 Å². The summed E-state index contributed by atoms with van der Waals surface area (Å²) in [4.78, 5) is 50.9. The summed E-state index contributed by atoms with van der Waals surface area (Å²) in [7, 11) is 0. The summed E-state index contributed by atoms with van der Waals surface area (Å²) in [6.45, 7) is 5.81. The van der Waals surface area contributed by atoms with Gasteiger partial charge in [-0.25, -0.2) is 4.79 Å². The zero-order valence-electron chi connectivity index (χ0n) is 45.9. The van der Waals surface area contributed by atoms with Gasteiger partial charge in [-0.2, -0.15) is 0 Å². The number of aliphatic carboxylic acids is 1. The molecule has 1 aliphatic rings. The van der Waals surface area contributed by atoms with Gasteiger partial charge < -0.3 is 39.0 Å². The second kappa shape index (κ2) is 49.1. The van der Waals surface area contributed by atoms with Gasteiger partial charge >= 0.3 is 23.9 Å². The van der Waals surface area contributed by atoms with Crippen LogP contribution in [0.3, 0.4) is 0 Å². The standard InChI is InChI=1S/C61H102O12/c1-4-7-10-13-16-19-21-23-25-26-27-28-30-31-33-36-38-41-44-47-53(62)69-50-52(71-54(63)48-45-42-39-35-18-15-12-9-6-3)51-70-61-59(57(66)56(65)58(73-61)60(67)68)72-55(64)49-46-43-40-37-34-32-29-24-22-20-17-14-11-8-5-2/h7,10,16,19,23-25,27-29,31,33,52,56-59,61,65-66H,4-6,8-9,11-15,17-18,20-22,26,30,32,34-51H2,1-3H3,(H,67,68)/b10-7-,19-16-,25-23-,28-27-,29-24-,33-31-. The number of allylic oxidation sites excluding steroid dienone is 12. The zero-order valence-corrected chi connectivity index (χ0v) is 45.9. The van der Waals surface area contributed by atoms with Crippen LogP contribution < -0.4 is 0 Å². The van der Waals surface area contributed by atoms with Crippen LogP contribution in [0.2, 0.25) is 0 Å². The van der Waals surface area contributed by atoms with E-state index < -0.39 is 67.3 Å². The smallest absolute Gasteiger partial charge is 0.335 e. The zero-order chi connectivity index (χ0) is 53.3. The monoisotopic (exact) mass is 1030 g/mol. The van der Waals surface area contributed by atoms with Crippen molar-refractivity contribution in [2.24, 2.45) is 0 Å². The first-order valence-corrected chi connectivity index (χ1v) is 28.9. The van der Waals surface area contributed by atoms with Crippen LogP contribution in [0.5, 0.6) is 0 Å². The fourth-order valence-corrected chi connectivity index (χ4v) is 8.33. The van der Waals surface area contributed by atoms with Crippen molar-refractivity contribution in [2.45, 2.75) is 276 Å². The molecule has 0 aromatic heterocycles. The largest absolute Gasteiger partial charge is 0.479 e. The maximum absolute atomic E-state index is 13.1. The SMILES string of the molecule is CC/C=C\C/C=C\C/C=C\C/C=C\C/C=C\CCCCCC(=O)OCC(COC1OC(C(=O)O)C(O)C(O)C1OC(=O)CCCCCCC/C=C\CCCCCCCC)OC(=O)CCCCCCCCCCC. The number of carbonyl (C=O) groups excluding carboxylic acids is 3. The fourth-order valence-electron chi connectivity index (χ4n) is 8.33. The van der Waals surface area contributed by atoms with E-state index in [1.165, 1.54) is 70.6 Å². The number of esters is 3. The number of aliphatic hydroxyl groups excluding tert-OH is 2. The lowest BCUT2D eigenvalue weighted by atomic mass is 9.98. The van der Waals surface area contributed by atoms with E-state index in [9.17, 15) is 34.5 Å². The third kappa shape index (κ3) is 39.3. The molecule has 12 nitrogen and oxygen atoms in total. The lowest BCUT2D eigenvalue weighted by Crippen LogP contribution is -2.61. The Kier molecular flexibility index (Phi) is 45.1. The topological polar surface area (TPSA) is 175 Å². The third-order valence-corrected chi connectivity index (χ3v) is 12.8. The van der Waals surface area contributed by atoms with Crippen molar-refractivity contribution in [1.29, 1.82) is 0 Å². The maximum atomic E-state index is 13.1. The van der Waals surface area contributed by atoms with Crippen molar-refractivity contribution in [3.63, 3.8) is 0 Å². The third-order valence-electron chi connectivity index (χ3n) is 12.8. The summed E-state index contributed by atoms with van der Waals surface area (Å²) in [5.74, 6) is -3.17. The van der Waals surface area contributed by atoms with Gasteiger partial charge in [0.05, 0.1) is 6.61 Å².